The second-order valence-electron chi connectivity index (χ2n) is 5.55. The summed E-state index contributed by atoms with van der Waals surface area (Å²) >= 11 is 5.82. The van der Waals surface area contributed by atoms with Crippen LogP contribution in [-0.2, 0) is 11.3 Å². The molecule has 0 saturated heterocycles. The lowest BCUT2D eigenvalue weighted by Gasteiger charge is -2.21. The number of fused-ring (bicyclic) bond motifs is 1. The summed E-state index contributed by atoms with van der Waals surface area (Å²) < 4.78 is 0. The summed E-state index contributed by atoms with van der Waals surface area (Å²) in [6.45, 7) is 1.84. The molecule has 1 heterocycles. The van der Waals surface area contributed by atoms with E-state index < -0.39 is 17.9 Å². The summed E-state index contributed by atoms with van der Waals surface area (Å²) in [7, 11) is 0. The van der Waals surface area contributed by atoms with E-state index in [0.29, 0.717) is 22.7 Å². The monoisotopic (exact) mass is 342 g/mol. The molecule has 6 heteroatoms. The summed E-state index contributed by atoms with van der Waals surface area (Å²) in [6.07, 6.45) is 0. The predicted octanol–water partition coefficient (Wildman–Crippen LogP) is 2.64. The van der Waals surface area contributed by atoms with Crippen LogP contribution in [0.2, 0.25) is 5.02 Å². The topological polar surface area (TPSA) is 66.5 Å². The summed E-state index contributed by atoms with van der Waals surface area (Å²) in [5.41, 5.74) is 1.54. The molecule has 0 radical (unpaired) electrons. The Morgan fingerprint density at radius 1 is 1.04 bits per heavy atom. The van der Waals surface area contributed by atoms with Gasteiger partial charge in [0.05, 0.1) is 11.1 Å². The fourth-order valence-electron chi connectivity index (χ4n) is 2.62. The van der Waals surface area contributed by atoms with Crippen LogP contribution in [0.4, 0.5) is 0 Å². The lowest BCUT2D eigenvalue weighted by Crippen LogP contribution is -2.47. The number of benzene rings is 2. The third kappa shape index (κ3) is 2.90. The highest BCUT2D eigenvalue weighted by atomic mass is 35.5. The van der Waals surface area contributed by atoms with Crippen molar-refractivity contribution in [3.63, 3.8) is 0 Å². The first-order valence-corrected chi connectivity index (χ1v) is 7.86. The molecule has 0 fully saturated rings. The molecule has 1 aliphatic rings. The first kappa shape index (κ1) is 16.2. The van der Waals surface area contributed by atoms with Crippen LogP contribution >= 0.6 is 11.6 Å². The van der Waals surface area contributed by atoms with Crippen molar-refractivity contribution in [3.05, 3.63) is 70.2 Å². The Morgan fingerprint density at radius 2 is 1.58 bits per heavy atom. The highest BCUT2D eigenvalue weighted by Gasteiger charge is 2.40. The Kier molecular flexibility index (Phi) is 4.36. The van der Waals surface area contributed by atoms with Gasteiger partial charge in [0.15, 0.2) is 0 Å². The van der Waals surface area contributed by atoms with Crippen molar-refractivity contribution in [3.8, 4) is 0 Å². The molecular formula is C18H15ClN2O3. The van der Waals surface area contributed by atoms with E-state index in [1.807, 2.05) is 0 Å². The van der Waals surface area contributed by atoms with E-state index in [-0.39, 0.29) is 5.91 Å². The zero-order valence-corrected chi connectivity index (χ0v) is 13.7. The molecule has 122 valence electrons. The quantitative estimate of drug-likeness (QED) is 0.869. The van der Waals surface area contributed by atoms with Gasteiger partial charge < -0.3 is 5.32 Å². The van der Waals surface area contributed by atoms with Crippen molar-refractivity contribution in [2.45, 2.75) is 19.5 Å². The number of halogens is 1. The number of hydrogen-bond acceptors (Lipinski definition) is 3. The third-order valence-corrected chi connectivity index (χ3v) is 4.22. The van der Waals surface area contributed by atoms with E-state index in [0.717, 1.165) is 10.5 Å². The van der Waals surface area contributed by atoms with Gasteiger partial charge in [-0.1, -0.05) is 35.9 Å². The second kappa shape index (κ2) is 6.45. The summed E-state index contributed by atoms with van der Waals surface area (Å²) in [5, 5.41) is 3.35. The molecule has 3 rings (SSSR count). The first-order valence-electron chi connectivity index (χ1n) is 7.48. The average Bonchev–Trinajstić information content (AvgIpc) is 2.85. The van der Waals surface area contributed by atoms with Gasteiger partial charge in [0.25, 0.3) is 11.8 Å². The Bertz CT molecular complexity index is 782. The van der Waals surface area contributed by atoms with Gasteiger partial charge in [0, 0.05) is 11.6 Å². The van der Waals surface area contributed by atoms with E-state index in [1.54, 1.807) is 55.5 Å². The number of carbonyl (C=O) groups excluding carboxylic acids is 3. The molecule has 1 aliphatic heterocycles. The molecule has 0 unspecified atom stereocenters. The number of nitrogens with one attached hydrogen (secondary N) is 1. The van der Waals surface area contributed by atoms with E-state index in [9.17, 15) is 14.4 Å². The fraction of sp³-hybridized carbons (Fsp3) is 0.167. The van der Waals surface area contributed by atoms with E-state index in [1.165, 1.54) is 0 Å². The van der Waals surface area contributed by atoms with Gasteiger partial charge in [-0.2, -0.15) is 0 Å². The first-order chi connectivity index (χ1) is 11.5. The van der Waals surface area contributed by atoms with Crippen LogP contribution in [-0.4, -0.2) is 28.7 Å². The highest BCUT2D eigenvalue weighted by molar-refractivity contribution is 6.30. The summed E-state index contributed by atoms with van der Waals surface area (Å²) in [4.78, 5) is 38.1. The van der Waals surface area contributed by atoms with Crippen LogP contribution in [0.1, 0.15) is 33.2 Å². The minimum absolute atomic E-state index is 0.295. The molecule has 0 spiro atoms. The van der Waals surface area contributed by atoms with Crippen molar-refractivity contribution in [2.75, 3.05) is 0 Å². The van der Waals surface area contributed by atoms with Crippen molar-refractivity contribution in [1.82, 2.24) is 10.2 Å². The van der Waals surface area contributed by atoms with Gasteiger partial charge in [-0.15, -0.1) is 0 Å². The molecule has 2 aromatic rings. The van der Waals surface area contributed by atoms with Crippen LogP contribution in [0.5, 0.6) is 0 Å². The predicted molar refractivity (Wildman–Crippen MR) is 89.7 cm³/mol. The van der Waals surface area contributed by atoms with Crippen molar-refractivity contribution >= 4 is 29.3 Å². The van der Waals surface area contributed by atoms with E-state index in [4.69, 9.17) is 11.6 Å². The average molecular weight is 343 g/mol. The third-order valence-electron chi connectivity index (χ3n) is 3.97. The Morgan fingerprint density at radius 3 is 2.12 bits per heavy atom. The zero-order chi connectivity index (χ0) is 17.3. The van der Waals surface area contributed by atoms with Gasteiger partial charge in [0.2, 0.25) is 5.91 Å². The zero-order valence-electron chi connectivity index (χ0n) is 13.0. The maximum atomic E-state index is 12.4. The Labute approximate surface area is 144 Å². The smallest absolute Gasteiger partial charge is 0.262 e. The molecule has 1 N–H and O–H groups in total. The largest absolute Gasteiger partial charge is 0.350 e. The van der Waals surface area contributed by atoms with Crippen molar-refractivity contribution in [1.29, 1.82) is 0 Å². The molecule has 5 nitrogen and oxygen atoms in total. The normalized spacial score (nSPS) is 14.5. The minimum Gasteiger partial charge on any atom is -0.350 e. The van der Waals surface area contributed by atoms with Gasteiger partial charge in [-0.3, -0.25) is 19.3 Å². The minimum atomic E-state index is -0.885. The molecule has 0 bridgehead atoms. The Hall–Kier alpha value is -2.66. The molecule has 3 amide bonds. The highest BCUT2D eigenvalue weighted by Crippen LogP contribution is 2.24. The number of nitrogens with zero attached hydrogens (tertiary/aromatic N) is 1. The van der Waals surface area contributed by atoms with Crippen LogP contribution in [0, 0.1) is 0 Å². The van der Waals surface area contributed by atoms with E-state index >= 15 is 0 Å². The molecular weight excluding hydrogens is 328 g/mol. The standard InChI is InChI=1S/C18H15ClN2O3/c1-11(16(22)20-10-12-6-8-13(19)9-7-12)21-17(23)14-4-2-3-5-15(14)18(21)24/h2-9,11H,10H2,1H3,(H,20,22)/t11-/m1/s1. The van der Waals surface area contributed by atoms with Gasteiger partial charge in [0.1, 0.15) is 6.04 Å². The number of carbonyl (C=O) groups is 3. The Balaban J connectivity index is 1.69. The lowest BCUT2D eigenvalue weighted by molar-refractivity contribution is -0.124. The number of imide groups is 1. The number of amides is 3. The van der Waals surface area contributed by atoms with E-state index in [2.05, 4.69) is 5.32 Å². The van der Waals surface area contributed by atoms with Crippen LogP contribution in [0.3, 0.4) is 0 Å². The van der Waals surface area contributed by atoms with Gasteiger partial charge in [-0.25, -0.2) is 0 Å². The maximum absolute atomic E-state index is 12.4. The fourth-order valence-corrected chi connectivity index (χ4v) is 2.74. The molecule has 24 heavy (non-hydrogen) atoms. The molecule has 2 aromatic carbocycles. The maximum Gasteiger partial charge on any atom is 0.262 e. The molecule has 1 atom stereocenters. The second-order valence-corrected chi connectivity index (χ2v) is 5.98. The summed E-state index contributed by atoms with van der Waals surface area (Å²) in [6, 6.07) is 12.8. The van der Waals surface area contributed by atoms with Gasteiger partial charge >= 0.3 is 0 Å². The molecule has 0 aliphatic carbocycles. The van der Waals surface area contributed by atoms with Crippen LogP contribution in [0.25, 0.3) is 0 Å². The molecule has 0 aromatic heterocycles. The summed E-state index contributed by atoms with van der Waals surface area (Å²) in [5.74, 6) is -1.27. The van der Waals surface area contributed by atoms with Crippen LogP contribution in [0.15, 0.2) is 48.5 Å². The number of hydrogen-bond donors (Lipinski definition) is 1. The van der Waals surface area contributed by atoms with Crippen LogP contribution < -0.4 is 5.32 Å². The lowest BCUT2D eigenvalue weighted by atomic mass is 10.1. The van der Waals surface area contributed by atoms with Crippen molar-refractivity contribution < 1.29 is 14.4 Å². The van der Waals surface area contributed by atoms with Gasteiger partial charge in [-0.05, 0) is 36.8 Å². The molecule has 0 saturated carbocycles. The SMILES string of the molecule is C[C@H](C(=O)NCc1ccc(Cl)cc1)N1C(=O)c2ccccc2C1=O. The van der Waals surface area contributed by atoms with Crippen molar-refractivity contribution in [2.24, 2.45) is 0 Å². The number of rotatable bonds is 4.